The SMILES string of the molecule is Cc1ccc(NC(N)=NCc2ccc(S(N)(=O)=O)cc2)cc1.I. The number of hydrogen-bond donors (Lipinski definition) is 3. The van der Waals surface area contributed by atoms with Crippen LogP contribution in [0.25, 0.3) is 0 Å². The number of nitrogens with zero attached hydrogens (tertiary/aromatic N) is 1. The highest BCUT2D eigenvalue weighted by Crippen LogP contribution is 2.10. The summed E-state index contributed by atoms with van der Waals surface area (Å²) in [5.41, 5.74) is 8.67. The van der Waals surface area contributed by atoms with E-state index in [1.54, 1.807) is 12.1 Å². The number of primary sulfonamides is 1. The summed E-state index contributed by atoms with van der Waals surface area (Å²) in [6.07, 6.45) is 0. The molecule has 2 aromatic rings. The number of rotatable bonds is 4. The van der Waals surface area contributed by atoms with Gasteiger partial charge in [0.25, 0.3) is 0 Å². The third-order valence-electron chi connectivity index (χ3n) is 3.01. The van der Waals surface area contributed by atoms with Crippen LogP contribution < -0.4 is 16.2 Å². The van der Waals surface area contributed by atoms with E-state index >= 15 is 0 Å². The van der Waals surface area contributed by atoms with Crippen molar-refractivity contribution in [1.82, 2.24) is 0 Å². The highest BCUT2D eigenvalue weighted by molar-refractivity contribution is 14.0. The van der Waals surface area contributed by atoms with E-state index in [1.165, 1.54) is 12.1 Å². The number of sulfonamides is 1. The topological polar surface area (TPSA) is 111 Å². The molecule has 0 radical (unpaired) electrons. The molecule has 0 aromatic heterocycles. The van der Waals surface area contributed by atoms with Crippen LogP contribution in [-0.4, -0.2) is 14.4 Å². The average molecular weight is 446 g/mol. The monoisotopic (exact) mass is 446 g/mol. The van der Waals surface area contributed by atoms with E-state index in [1.807, 2.05) is 31.2 Å². The summed E-state index contributed by atoms with van der Waals surface area (Å²) < 4.78 is 22.3. The molecule has 6 nitrogen and oxygen atoms in total. The van der Waals surface area contributed by atoms with Gasteiger partial charge in [0, 0.05) is 5.69 Å². The van der Waals surface area contributed by atoms with E-state index in [-0.39, 0.29) is 28.9 Å². The largest absolute Gasteiger partial charge is 0.370 e. The number of halogens is 1. The Labute approximate surface area is 153 Å². The molecular formula is C15H19IN4O2S. The van der Waals surface area contributed by atoms with Crippen LogP contribution in [0, 0.1) is 6.92 Å². The van der Waals surface area contributed by atoms with Crippen molar-refractivity contribution in [3.8, 4) is 0 Å². The number of guanidine groups is 1. The minimum Gasteiger partial charge on any atom is -0.370 e. The Morgan fingerprint density at radius 1 is 1.09 bits per heavy atom. The lowest BCUT2D eigenvalue weighted by Gasteiger charge is -2.06. The zero-order valence-electron chi connectivity index (χ0n) is 12.6. The van der Waals surface area contributed by atoms with Gasteiger partial charge in [0.15, 0.2) is 5.96 Å². The second-order valence-corrected chi connectivity index (χ2v) is 6.44. The Kier molecular flexibility index (Phi) is 6.98. The Hall–Kier alpha value is -1.65. The molecule has 0 bridgehead atoms. The first-order chi connectivity index (χ1) is 10.3. The van der Waals surface area contributed by atoms with Gasteiger partial charge in [-0.1, -0.05) is 29.8 Å². The minimum absolute atomic E-state index is 0. The highest BCUT2D eigenvalue weighted by Gasteiger charge is 2.06. The lowest BCUT2D eigenvalue weighted by atomic mass is 10.2. The Morgan fingerprint density at radius 3 is 2.17 bits per heavy atom. The zero-order valence-corrected chi connectivity index (χ0v) is 15.7. The molecule has 2 aromatic carbocycles. The lowest BCUT2D eigenvalue weighted by Crippen LogP contribution is -2.22. The molecule has 0 aliphatic carbocycles. The van der Waals surface area contributed by atoms with Crippen LogP contribution in [0.5, 0.6) is 0 Å². The molecule has 0 aliphatic rings. The molecule has 0 atom stereocenters. The second-order valence-electron chi connectivity index (χ2n) is 4.88. The molecule has 0 heterocycles. The van der Waals surface area contributed by atoms with Gasteiger partial charge in [-0.15, -0.1) is 24.0 Å². The standard InChI is InChI=1S/C15H18N4O2S.HI/c1-11-2-6-13(7-3-11)19-15(16)18-10-12-4-8-14(9-5-12)22(17,20)21;/h2-9H,10H2,1H3,(H3,16,18,19)(H2,17,20,21);1H. The number of nitrogens with one attached hydrogen (secondary N) is 1. The predicted molar refractivity (Wildman–Crippen MR) is 103 cm³/mol. The second kappa shape index (κ2) is 8.27. The molecule has 0 saturated carbocycles. The summed E-state index contributed by atoms with van der Waals surface area (Å²) in [7, 11) is -3.67. The van der Waals surface area contributed by atoms with Crippen molar-refractivity contribution in [2.45, 2.75) is 18.4 Å². The molecule has 8 heteroatoms. The van der Waals surface area contributed by atoms with Gasteiger partial charge in [-0.05, 0) is 36.8 Å². The molecule has 0 unspecified atom stereocenters. The summed E-state index contributed by atoms with van der Waals surface area (Å²) in [6.45, 7) is 2.35. The number of aliphatic imine (C=N–C) groups is 1. The first-order valence-corrected chi connectivity index (χ1v) is 8.14. The molecule has 23 heavy (non-hydrogen) atoms. The van der Waals surface area contributed by atoms with Gasteiger partial charge < -0.3 is 11.1 Å². The van der Waals surface area contributed by atoms with E-state index in [2.05, 4.69) is 10.3 Å². The molecule has 5 N–H and O–H groups in total. The van der Waals surface area contributed by atoms with E-state index < -0.39 is 10.0 Å². The number of hydrogen-bond acceptors (Lipinski definition) is 3. The zero-order chi connectivity index (χ0) is 16.2. The fraction of sp³-hybridized carbons (Fsp3) is 0.133. The van der Waals surface area contributed by atoms with Gasteiger partial charge in [-0.2, -0.15) is 0 Å². The van der Waals surface area contributed by atoms with Crippen LogP contribution in [-0.2, 0) is 16.6 Å². The predicted octanol–water partition coefficient (Wildman–Crippen LogP) is 2.19. The van der Waals surface area contributed by atoms with Crippen LogP contribution in [0.3, 0.4) is 0 Å². The lowest BCUT2D eigenvalue weighted by molar-refractivity contribution is 0.598. The Bertz CT molecular complexity index is 772. The highest BCUT2D eigenvalue weighted by atomic mass is 127. The van der Waals surface area contributed by atoms with E-state index in [0.29, 0.717) is 12.5 Å². The summed E-state index contributed by atoms with van der Waals surface area (Å²) in [5.74, 6) is 0.291. The molecule has 0 amide bonds. The molecule has 0 spiro atoms. The maximum absolute atomic E-state index is 11.2. The van der Waals surface area contributed by atoms with Crippen molar-refractivity contribution < 1.29 is 8.42 Å². The number of aryl methyl sites for hydroxylation is 1. The quantitative estimate of drug-likeness (QED) is 0.380. The third-order valence-corrected chi connectivity index (χ3v) is 3.94. The summed E-state index contributed by atoms with van der Waals surface area (Å²) in [6, 6.07) is 14.0. The van der Waals surface area contributed by atoms with Gasteiger partial charge in [-0.25, -0.2) is 18.5 Å². The van der Waals surface area contributed by atoms with Crippen molar-refractivity contribution in [1.29, 1.82) is 0 Å². The number of anilines is 1. The van der Waals surface area contributed by atoms with E-state index in [0.717, 1.165) is 16.8 Å². The molecule has 0 fully saturated rings. The van der Waals surface area contributed by atoms with E-state index in [9.17, 15) is 8.42 Å². The van der Waals surface area contributed by atoms with Gasteiger partial charge in [-0.3, -0.25) is 0 Å². The van der Waals surface area contributed by atoms with E-state index in [4.69, 9.17) is 10.9 Å². The molecule has 2 rings (SSSR count). The molecular weight excluding hydrogens is 427 g/mol. The van der Waals surface area contributed by atoms with Gasteiger partial charge in [0.1, 0.15) is 0 Å². The Balaban J connectivity index is 0.00000264. The number of nitrogens with two attached hydrogens (primary N) is 2. The van der Waals surface area contributed by atoms with Crippen molar-refractivity contribution in [3.63, 3.8) is 0 Å². The fourth-order valence-electron chi connectivity index (χ4n) is 1.79. The fourth-order valence-corrected chi connectivity index (χ4v) is 2.30. The van der Waals surface area contributed by atoms with Crippen LogP contribution >= 0.6 is 24.0 Å². The smallest absolute Gasteiger partial charge is 0.238 e. The van der Waals surface area contributed by atoms with Crippen molar-refractivity contribution >= 4 is 45.6 Å². The normalized spacial score (nSPS) is 11.7. The maximum Gasteiger partial charge on any atom is 0.238 e. The third kappa shape index (κ3) is 6.16. The summed E-state index contributed by atoms with van der Waals surface area (Å²) >= 11 is 0. The van der Waals surface area contributed by atoms with Crippen LogP contribution in [0.2, 0.25) is 0 Å². The average Bonchev–Trinajstić information content (AvgIpc) is 2.47. The van der Waals surface area contributed by atoms with Crippen LogP contribution in [0.4, 0.5) is 5.69 Å². The van der Waals surface area contributed by atoms with Crippen LogP contribution in [0.1, 0.15) is 11.1 Å². The molecule has 0 aliphatic heterocycles. The van der Waals surface area contributed by atoms with Crippen molar-refractivity contribution in [2.24, 2.45) is 15.9 Å². The van der Waals surface area contributed by atoms with Gasteiger partial charge in [0.2, 0.25) is 10.0 Å². The molecule has 124 valence electrons. The van der Waals surface area contributed by atoms with Gasteiger partial charge in [0.05, 0.1) is 11.4 Å². The van der Waals surface area contributed by atoms with Crippen molar-refractivity contribution in [2.75, 3.05) is 5.32 Å². The number of benzene rings is 2. The van der Waals surface area contributed by atoms with Crippen molar-refractivity contribution in [3.05, 3.63) is 59.7 Å². The first-order valence-electron chi connectivity index (χ1n) is 6.60. The summed E-state index contributed by atoms with van der Waals surface area (Å²) in [4.78, 5) is 4.28. The minimum atomic E-state index is -3.67. The molecule has 0 saturated heterocycles. The van der Waals surface area contributed by atoms with Gasteiger partial charge >= 0.3 is 0 Å². The summed E-state index contributed by atoms with van der Waals surface area (Å²) in [5, 5.41) is 8.03. The maximum atomic E-state index is 11.2. The Morgan fingerprint density at radius 2 is 1.65 bits per heavy atom. The van der Waals surface area contributed by atoms with Crippen LogP contribution in [0.15, 0.2) is 58.4 Å². The first kappa shape index (κ1) is 19.4.